The molecule has 176 valence electrons. The first-order valence-electron chi connectivity index (χ1n) is 11.1. The van der Waals surface area contributed by atoms with Gasteiger partial charge in [-0.3, -0.25) is 9.79 Å². The molecule has 0 unspecified atom stereocenters. The van der Waals surface area contributed by atoms with Gasteiger partial charge in [-0.15, -0.1) is 0 Å². The molecule has 0 fully saturated rings. The molecule has 5 heteroatoms. The molecule has 0 bridgehead atoms. The van der Waals surface area contributed by atoms with E-state index in [1.165, 1.54) is 0 Å². The molecule has 0 saturated carbocycles. The van der Waals surface area contributed by atoms with E-state index in [9.17, 15) is 4.79 Å². The van der Waals surface area contributed by atoms with E-state index in [-0.39, 0.29) is 18.1 Å². The lowest BCUT2D eigenvalue weighted by Gasteiger charge is -2.32. The number of ether oxygens (including phenoxy) is 2. The highest BCUT2D eigenvalue weighted by atomic mass is 16.5. The fourth-order valence-corrected chi connectivity index (χ4v) is 2.77. The largest absolute Gasteiger partial charge is 0.496 e. The van der Waals surface area contributed by atoms with Crippen molar-refractivity contribution in [3.05, 3.63) is 59.3 Å². The average Bonchev–Trinajstić information content (AvgIpc) is 2.73. The summed E-state index contributed by atoms with van der Waals surface area (Å²) in [5, 5.41) is 0. The van der Waals surface area contributed by atoms with Gasteiger partial charge >= 0.3 is 0 Å². The van der Waals surface area contributed by atoms with E-state index in [2.05, 4.69) is 18.8 Å². The van der Waals surface area contributed by atoms with Crippen molar-refractivity contribution in [2.24, 2.45) is 10.9 Å². The highest BCUT2D eigenvalue weighted by Gasteiger charge is 2.24. The molecule has 1 aromatic carbocycles. The van der Waals surface area contributed by atoms with Crippen LogP contribution in [0.4, 0.5) is 0 Å². The first-order valence-corrected chi connectivity index (χ1v) is 11.1. The molecule has 1 amide bonds. The Morgan fingerprint density at radius 1 is 1.25 bits per heavy atom. The summed E-state index contributed by atoms with van der Waals surface area (Å²) in [7, 11) is 3.45. The van der Waals surface area contributed by atoms with E-state index in [0.717, 1.165) is 23.3 Å². The standard InChI is InChI=1S/C27H40N2O3/c1-10-11-12-21(4)19-28-24(26(30)29(8)27(5,6)7)15-16-32-23-14-13-22(17-20(2)3)25(18-23)31-9/h10-15,18-20H,16-17H2,1-9H3/b11-10-,21-12+,24-15+,28-19+. The number of aliphatic imine (C=N–C) groups is 1. The second kappa shape index (κ2) is 12.9. The number of rotatable bonds is 10. The predicted octanol–water partition coefficient (Wildman–Crippen LogP) is 6.01. The zero-order valence-corrected chi connectivity index (χ0v) is 21.2. The molecule has 0 aliphatic carbocycles. The monoisotopic (exact) mass is 440 g/mol. The van der Waals surface area contributed by atoms with Gasteiger partial charge in [-0.05, 0) is 70.2 Å². The van der Waals surface area contributed by atoms with Crippen molar-refractivity contribution in [1.82, 2.24) is 4.90 Å². The highest BCUT2D eigenvalue weighted by molar-refractivity contribution is 5.96. The molecule has 0 spiro atoms. The van der Waals surface area contributed by atoms with Crippen LogP contribution >= 0.6 is 0 Å². The molecule has 0 saturated heterocycles. The van der Waals surface area contributed by atoms with Crippen LogP contribution in [-0.2, 0) is 11.2 Å². The number of likely N-dealkylation sites (N-methyl/N-ethyl adjacent to an activating group) is 1. The van der Waals surface area contributed by atoms with Crippen molar-refractivity contribution >= 4 is 12.1 Å². The molecule has 0 radical (unpaired) electrons. The predicted molar refractivity (Wildman–Crippen MR) is 135 cm³/mol. The fraction of sp³-hybridized carbons (Fsp3) is 0.481. The molecule has 0 aliphatic heterocycles. The van der Waals surface area contributed by atoms with Gasteiger partial charge in [-0.25, -0.2) is 0 Å². The topological polar surface area (TPSA) is 51.1 Å². The zero-order valence-electron chi connectivity index (χ0n) is 21.2. The average molecular weight is 441 g/mol. The number of benzene rings is 1. The van der Waals surface area contributed by atoms with E-state index in [1.807, 2.05) is 71.0 Å². The lowest BCUT2D eigenvalue weighted by molar-refractivity contribution is -0.129. The molecular weight excluding hydrogens is 400 g/mol. The van der Waals surface area contributed by atoms with Crippen molar-refractivity contribution < 1.29 is 14.3 Å². The third-order valence-electron chi connectivity index (χ3n) is 4.90. The quantitative estimate of drug-likeness (QED) is 0.254. The van der Waals surface area contributed by atoms with Gasteiger partial charge in [0.25, 0.3) is 5.91 Å². The number of amides is 1. The summed E-state index contributed by atoms with van der Waals surface area (Å²) >= 11 is 0. The maximum Gasteiger partial charge on any atom is 0.272 e. The number of methoxy groups -OCH3 is 1. The number of hydrogen-bond acceptors (Lipinski definition) is 4. The number of carbonyl (C=O) groups is 1. The Morgan fingerprint density at radius 3 is 2.50 bits per heavy atom. The van der Waals surface area contributed by atoms with Crippen LogP contribution in [0.2, 0.25) is 0 Å². The number of allylic oxidation sites excluding steroid dienone is 4. The van der Waals surface area contributed by atoms with Crippen LogP contribution in [0.5, 0.6) is 11.5 Å². The second-order valence-electron chi connectivity index (χ2n) is 9.20. The minimum Gasteiger partial charge on any atom is -0.496 e. The highest BCUT2D eigenvalue weighted by Crippen LogP contribution is 2.27. The molecular formula is C27H40N2O3. The summed E-state index contributed by atoms with van der Waals surface area (Å²) in [4.78, 5) is 19.2. The minimum absolute atomic E-state index is 0.152. The maximum absolute atomic E-state index is 13.0. The smallest absolute Gasteiger partial charge is 0.272 e. The zero-order chi connectivity index (χ0) is 24.3. The first kappa shape index (κ1) is 27.2. The molecule has 0 atom stereocenters. The normalized spacial score (nSPS) is 13.3. The van der Waals surface area contributed by atoms with E-state index < -0.39 is 0 Å². The fourth-order valence-electron chi connectivity index (χ4n) is 2.77. The number of nitrogens with zero attached hydrogens (tertiary/aromatic N) is 2. The van der Waals surface area contributed by atoms with Gasteiger partial charge in [-0.1, -0.05) is 38.1 Å². The van der Waals surface area contributed by atoms with Gasteiger partial charge in [0.15, 0.2) is 0 Å². The molecule has 5 nitrogen and oxygen atoms in total. The van der Waals surface area contributed by atoms with Crippen molar-refractivity contribution in [2.75, 3.05) is 20.8 Å². The van der Waals surface area contributed by atoms with E-state index in [1.54, 1.807) is 31.3 Å². The van der Waals surface area contributed by atoms with Crippen LogP contribution in [0.1, 0.15) is 54.0 Å². The molecule has 0 aliphatic rings. The van der Waals surface area contributed by atoms with Gasteiger partial charge in [0.2, 0.25) is 0 Å². The van der Waals surface area contributed by atoms with Crippen LogP contribution < -0.4 is 9.47 Å². The van der Waals surface area contributed by atoms with Crippen molar-refractivity contribution in [1.29, 1.82) is 0 Å². The lowest BCUT2D eigenvalue weighted by Crippen LogP contribution is -2.43. The molecule has 1 aromatic rings. The Morgan fingerprint density at radius 2 is 1.94 bits per heavy atom. The molecule has 32 heavy (non-hydrogen) atoms. The summed E-state index contributed by atoms with van der Waals surface area (Å²) < 4.78 is 11.4. The maximum atomic E-state index is 13.0. The summed E-state index contributed by atoms with van der Waals surface area (Å²) in [6.45, 7) is 14.5. The van der Waals surface area contributed by atoms with E-state index >= 15 is 0 Å². The van der Waals surface area contributed by atoms with Gasteiger partial charge in [0.1, 0.15) is 23.8 Å². The summed E-state index contributed by atoms with van der Waals surface area (Å²) in [6.07, 6.45) is 10.2. The number of carbonyl (C=O) groups excluding carboxylic acids is 1. The third kappa shape index (κ3) is 9.13. The van der Waals surface area contributed by atoms with Gasteiger partial charge in [-0.2, -0.15) is 0 Å². The Balaban J connectivity index is 3.08. The van der Waals surface area contributed by atoms with E-state index in [4.69, 9.17) is 9.47 Å². The third-order valence-corrected chi connectivity index (χ3v) is 4.90. The van der Waals surface area contributed by atoms with E-state index in [0.29, 0.717) is 17.4 Å². The molecule has 0 aromatic heterocycles. The van der Waals surface area contributed by atoms with Crippen molar-refractivity contribution in [3.8, 4) is 11.5 Å². The summed E-state index contributed by atoms with van der Waals surface area (Å²) in [5.41, 5.74) is 2.13. The van der Waals surface area contributed by atoms with Crippen LogP contribution in [0, 0.1) is 5.92 Å². The lowest BCUT2D eigenvalue weighted by atomic mass is 10.0. The van der Waals surface area contributed by atoms with Crippen molar-refractivity contribution in [2.45, 2.75) is 60.4 Å². The Hall–Kier alpha value is -2.82. The number of hydrogen-bond donors (Lipinski definition) is 0. The van der Waals surface area contributed by atoms with Gasteiger partial charge < -0.3 is 14.4 Å². The van der Waals surface area contributed by atoms with Gasteiger partial charge in [0.05, 0.1) is 7.11 Å². The summed E-state index contributed by atoms with van der Waals surface area (Å²) in [6, 6.07) is 5.86. The van der Waals surface area contributed by atoms with Crippen molar-refractivity contribution in [3.63, 3.8) is 0 Å². The van der Waals surface area contributed by atoms with Crippen LogP contribution in [-0.4, -0.2) is 43.3 Å². The van der Waals surface area contributed by atoms with Crippen LogP contribution in [0.15, 0.2) is 58.8 Å². The Labute approximate surface area is 194 Å². The van der Waals surface area contributed by atoms with Crippen LogP contribution in [0.3, 0.4) is 0 Å². The first-order chi connectivity index (χ1) is 15.0. The second-order valence-corrected chi connectivity index (χ2v) is 9.20. The molecule has 1 rings (SSSR count). The van der Waals surface area contributed by atoms with Crippen LogP contribution in [0.25, 0.3) is 0 Å². The molecule has 0 heterocycles. The SMILES string of the molecule is C\C=C/C=C(C)/C=N/C(=C/COc1ccc(CC(C)C)c(OC)c1)C(=O)N(C)C(C)(C)C. The Bertz CT molecular complexity index is 871. The summed E-state index contributed by atoms with van der Waals surface area (Å²) in [5.74, 6) is 1.89. The Kier molecular flexibility index (Phi) is 11.0. The molecule has 0 N–H and O–H groups in total. The van der Waals surface area contributed by atoms with Gasteiger partial charge in [0, 0.05) is 24.9 Å². The minimum atomic E-state index is -0.317.